The van der Waals surface area contributed by atoms with Crippen molar-refractivity contribution in [2.24, 2.45) is 0 Å². The third kappa shape index (κ3) is 30.7. The number of pyridine rings is 6. The van der Waals surface area contributed by atoms with Crippen LogP contribution in [0.4, 0.5) is 0 Å². The summed E-state index contributed by atoms with van der Waals surface area (Å²) in [5, 5.41) is 6.83. The molecule has 0 saturated carbocycles. The van der Waals surface area contributed by atoms with Gasteiger partial charge in [0.25, 0.3) is 0 Å². The van der Waals surface area contributed by atoms with Gasteiger partial charge in [-0.25, -0.2) is 0 Å². The molecule has 3 aromatic carbocycles. The Kier molecular flexibility index (Phi) is 126. The van der Waals surface area contributed by atoms with Crippen LogP contribution in [0.15, 0.2) is 146 Å². The number of benzene rings is 3. The summed E-state index contributed by atoms with van der Waals surface area (Å²) >= 11 is 0. The minimum absolute atomic E-state index is 0. The van der Waals surface area contributed by atoms with Crippen LogP contribution in [0.5, 0.6) is 0 Å². The molecular formula is C36H24Mo6N6NiO19-35. The van der Waals surface area contributed by atoms with E-state index >= 15 is 0 Å². The normalized spacial score (nSPS) is 6.71. The van der Waals surface area contributed by atoms with E-state index in [1.54, 1.807) is 37.2 Å². The van der Waals surface area contributed by atoms with Gasteiger partial charge < -0.3 is 104 Å². The molecule has 1 radical (unpaired) electrons. The predicted molar refractivity (Wildman–Crippen MR) is 184 cm³/mol. The van der Waals surface area contributed by atoms with Crippen molar-refractivity contribution < 1.29 is 247 Å². The average Bonchev–Trinajstić information content (AvgIpc) is 3.09. The van der Waals surface area contributed by atoms with Crippen molar-refractivity contribution in [2.75, 3.05) is 0 Å². The molecule has 0 unspecified atom stereocenters. The van der Waals surface area contributed by atoms with E-state index < -0.39 is 0 Å². The molecule has 393 valence electrons. The molecule has 0 aliphatic heterocycles. The van der Waals surface area contributed by atoms with Gasteiger partial charge in [0.2, 0.25) is 0 Å². The number of fused-ring (bicyclic) bond motifs is 9. The Bertz CT molecular complexity index is 2000. The Morgan fingerprint density at radius 2 is 0.279 bits per heavy atom. The summed E-state index contributed by atoms with van der Waals surface area (Å²) in [6.07, 6.45) is 10.8. The number of hydrogen-bond acceptors (Lipinski definition) is 6. The SMILES string of the molecule is [Mo].[Mo].[Mo].[Mo].[Mo].[Mo].[Ni+3].[O-2].[O-2].[O-2].[O-2].[O-2].[O-2].[O-2].[O-2].[O-2].[O-2].[O-2].[O-2].[O-2].[O-2].[O-2].[O-2].[O-2].[O-2].[O-2].c1cnc2c(c1)ccc1cccnc12.c1cnc2c(c1)ccc1cccnc12.c1cnc2c(c1)ccc1cccnc12. The van der Waals surface area contributed by atoms with Crippen LogP contribution in [-0.2, 0) is 247 Å². The second-order valence-corrected chi connectivity index (χ2v) is 9.65. The van der Waals surface area contributed by atoms with Crippen LogP contribution in [0.25, 0.3) is 65.4 Å². The molecule has 0 fully saturated rings. The Morgan fingerprint density at radius 3 is 0.382 bits per heavy atom. The molecule has 0 aliphatic carbocycles. The van der Waals surface area contributed by atoms with Gasteiger partial charge in [0.1, 0.15) is 0 Å². The standard InChI is InChI=1S/3C12H8N2.6Mo.Ni.19O/c3*1-3-9-5-6-10-4-2-8-14-12(10)11(9)13-7-1;;;;;;;;;;;;;;;;;;;;;;;;;;/h3*1-8H;;;;;;;;;;;;;;;;;;;;;;;;;;/q;;;;;;;;;+3;19*-2. The summed E-state index contributed by atoms with van der Waals surface area (Å²) < 4.78 is 0. The molecule has 0 spiro atoms. The molecule has 0 bridgehead atoms. The third-order valence-corrected chi connectivity index (χ3v) is 7.03. The smallest absolute Gasteiger partial charge is 2.00 e. The topological polar surface area (TPSA) is 619 Å². The number of nitrogens with zero attached hydrogens (tertiary/aromatic N) is 6. The van der Waals surface area contributed by atoms with Crippen LogP contribution < -0.4 is 0 Å². The summed E-state index contributed by atoms with van der Waals surface area (Å²) in [5.41, 5.74) is 5.86. The molecule has 6 heterocycles. The molecule has 25 nitrogen and oxygen atoms in total. The number of rotatable bonds is 0. The van der Waals surface area contributed by atoms with Crippen molar-refractivity contribution in [2.45, 2.75) is 0 Å². The Balaban J connectivity index is -0.0000000237. The van der Waals surface area contributed by atoms with Crippen molar-refractivity contribution in [1.82, 2.24) is 29.9 Å². The van der Waals surface area contributed by atoms with E-state index in [4.69, 9.17) is 0 Å². The fourth-order valence-electron chi connectivity index (χ4n) is 5.04. The Morgan fingerprint density at radius 1 is 0.176 bits per heavy atom. The van der Waals surface area contributed by atoms with Crippen LogP contribution in [0.1, 0.15) is 0 Å². The maximum absolute atomic E-state index is 4.35. The first-order valence-corrected chi connectivity index (χ1v) is 13.6. The predicted octanol–water partition coefficient (Wildman–Crippen LogP) is 6.07. The Labute approximate surface area is 483 Å². The van der Waals surface area contributed by atoms with Gasteiger partial charge >= 0.3 is 16.5 Å². The maximum atomic E-state index is 4.35. The molecule has 9 aromatic rings. The van der Waals surface area contributed by atoms with Crippen LogP contribution in [-0.4, -0.2) is 29.9 Å². The number of aromatic nitrogens is 6. The summed E-state index contributed by atoms with van der Waals surface area (Å²) in [6, 6.07) is 36.4. The molecule has 0 aliphatic rings. The zero-order chi connectivity index (χ0) is 28.1. The van der Waals surface area contributed by atoms with Gasteiger partial charge in [0.15, 0.2) is 0 Å². The van der Waals surface area contributed by atoms with Gasteiger partial charge in [-0.3, -0.25) is 29.9 Å². The maximum Gasteiger partial charge on any atom is 3.00 e. The number of hydrogen-bond donors (Lipinski definition) is 0. The summed E-state index contributed by atoms with van der Waals surface area (Å²) in [4.78, 5) is 26.1. The monoisotopic (exact) mass is 1490 g/mol. The second kappa shape index (κ2) is 65.0. The molecule has 68 heavy (non-hydrogen) atoms. The van der Waals surface area contributed by atoms with Gasteiger partial charge in [-0.05, 0) is 36.4 Å². The first kappa shape index (κ1) is 132. The average molecular weight is 1480 g/mol. The van der Waals surface area contributed by atoms with Crippen molar-refractivity contribution in [3.05, 3.63) is 146 Å². The summed E-state index contributed by atoms with van der Waals surface area (Å²) in [7, 11) is 0. The molecule has 6 aromatic heterocycles. The van der Waals surface area contributed by atoms with Crippen LogP contribution >= 0.6 is 0 Å². The van der Waals surface area contributed by atoms with Gasteiger partial charge in [-0.1, -0.05) is 72.8 Å². The van der Waals surface area contributed by atoms with Crippen molar-refractivity contribution in [3.8, 4) is 0 Å². The molecule has 0 saturated heterocycles. The summed E-state index contributed by atoms with van der Waals surface area (Å²) in [5.74, 6) is 0. The minimum Gasteiger partial charge on any atom is -2.00 e. The van der Waals surface area contributed by atoms with Gasteiger partial charge in [-0.2, -0.15) is 0 Å². The molecule has 0 atom stereocenters. The van der Waals surface area contributed by atoms with Crippen molar-refractivity contribution in [1.29, 1.82) is 0 Å². The molecule has 0 amide bonds. The van der Waals surface area contributed by atoms with E-state index in [-0.39, 0.29) is 247 Å². The summed E-state index contributed by atoms with van der Waals surface area (Å²) in [6.45, 7) is 0. The fraction of sp³-hybridized carbons (Fsp3) is 0. The van der Waals surface area contributed by atoms with Gasteiger partial charge in [0.05, 0.1) is 33.1 Å². The van der Waals surface area contributed by atoms with E-state index in [2.05, 4.69) is 103 Å². The molecule has 0 N–H and O–H groups in total. The van der Waals surface area contributed by atoms with Gasteiger partial charge in [0, 0.05) is 196 Å². The Hall–Kier alpha value is -2.02. The zero-order valence-electron chi connectivity index (χ0n) is 33.1. The van der Waals surface area contributed by atoms with Crippen molar-refractivity contribution >= 4 is 65.4 Å². The first-order valence-electron chi connectivity index (χ1n) is 13.6. The first-order chi connectivity index (χ1) is 20.8. The molecular weight excluding hydrogens is 1450 g/mol. The zero-order valence-corrected chi connectivity index (χ0v) is 46.1. The molecule has 32 heteroatoms. The molecule has 9 rings (SSSR count). The van der Waals surface area contributed by atoms with E-state index in [1.165, 1.54) is 0 Å². The van der Waals surface area contributed by atoms with Crippen LogP contribution in [0, 0.1) is 0 Å². The van der Waals surface area contributed by atoms with E-state index in [1.807, 2.05) is 36.4 Å². The van der Waals surface area contributed by atoms with Crippen LogP contribution in [0.3, 0.4) is 0 Å². The third-order valence-electron chi connectivity index (χ3n) is 7.03. The van der Waals surface area contributed by atoms with Gasteiger partial charge in [-0.15, -0.1) is 0 Å². The van der Waals surface area contributed by atoms with E-state index in [0.29, 0.717) is 0 Å². The fourth-order valence-corrected chi connectivity index (χ4v) is 5.04. The second-order valence-electron chi connectivity index (χ2n) is 9.65. The quantitative estimate of drug-likeness (QED) is 0.128. The van der Waals surface area contributed by atoms with Crippen LogP contribution in [0.2, 0.25) is 0 Å². The van der Waals surface area contributed by atoms with E-state index in [0.717, 1.165) is 65.4 Å². The van der Waals surface area contributed by atoms with Crippen molar-refractivity contribution in [3.63, 3.8) is 0 Å². The largest absolute Gasteiger partial charge is 3.00 e. The minimum atomic E-state index is 0. The van der Waals surface area contributed by atoms with E-state index in [9.17, 15) is 0 Å².